The first-order valence-electron chi connectivity index (χ1n) is 5.68. The Labute approximate surface area is 117 Å². The lowest BCUT2D eigenvalue weighted by molar-refractivity contribution is -0.157. The molecule has 0 aromatic heterocycles. The maximum absolute atomic E-state index is 13.1. The fourth-order valence-corrected chi connectivity index (χ4v) is 2.19. The van der Waals surface area contributed by atoms with Crippen LogP contribution in [0.2, 0.25) is 0 Å². The molecule has 0 fully saturated rings. The number of benzene rings is 1. The lowest BCUT2D eigenvalue weighted by Crippen LogP contribution is -2.50. The van der Waals surface area contributed by atoms with Crippen LogP contribution in [0.15, 0.2) is 24.3 Å². The molecule has 8 heteroatoms. The van der Waals surface area contributed by atoms with E-state index < -0.39 is 36.3 Å². The molecule has 1 aliphatic rings. The molecule has 1 N–H and O–H groups in total. The summed E-state index contributed by atoms with van der Waals surface area (Å²) in [5.74, 6) is -2.31. The number of amides is 2. The van der Waals surface area contributed by atoms with Crippen molar-refractivity contribution in [1.82, 2.24) is 0 Å². The molecule has 108 valence electrons. The van der Waals surface area contributed by atoms with Crippen LogP contribution in [0.1, 0.15) is 6.42 Å². The zero-order chi connectivity index (χ0) is 14.9. The van der Waals surface area contributed by atoms with Gasteiger partial charge < -0.3 is 5.32 Å². The number of anilines is 2. The lowest BCUT2D eigenvalue weighted by Gasteiger charge is -2.31. The molecule has 1 aliphatic heterocycles. The molecule has 1 aromatic rings. The highest BCUT2D eigenvalue weighted by Gasteiger charge is 2.48. The van der Waals surface area contributed by atoms with Gasteiger partial charge in [0.15, 0.2) is 0 Å². The van der Waals surface area contributed by atoms with Gasteiger partial charge in [-0.05, 0) is 12.1 Å². The number of para-hydroxylation sites is 2. The van der Waals surface area contributed by atoms with Gasteiger partial charge >= 0.3 is 6.18 Å². The normalized spacial score (nSPS) is 19.1. The average Bonchev–Trinajstić information content (AvgIpc) is 2.53. The number of hydrogen-bond acceptors (Lipinski definition) is 2. The predicted octanol–water partition coefficient (Wildman–Crippen LogP) is 2.53. The third kappa shape index (κ3) is 2.72. The molecule has 1 aromatic carbocycles. The van der Waals surface area contributed by atoms with Crippen molar-refractivity contribution < 1.29 is 22.8 Å². The second-order valence-electron chi connectivity index (χ2n) is 4.22. The van der Waals surface area contributed by atoms with E-state index in [2.05, 4.69) is 5.32 Å². The molecule has 0 radical (unpaired) electrons. The van der Waals surface area contributed by atoms with Crippen molar-refractivity contribution in [2.75, 3.05) is 16.1 Å². The van der Waals surface area contributed by atoms with E-state index in [-0.39, 0.29) is 11.4 Å². The van der Waals surface area contributed by atoms with Gasteiger partial charge in [-0.3, -0.25) is 14.5 Å². The topological polar surface area (TPSA) is 49.4 Å². The van der Waals surface area contributed by atoms with Crippen molar-refractivity contribution >= 4 is 34.8 Å². The average molecular weight is 307 g/mol. The van der Waals surface area contributed by atoms with E-state index in [1.165, 1.54) is 18.2 Å². The highest BCUT2D eigenvalue weighted by molar-refractivity contribution is 6.29. The van der Waals surface area contributed by atoms with Gasteiger partial charge in [0.2, 0.25) is 11.8 Å². The Morgan fingerprint density at radius 1 is 1.40 bits per heavy atom. The Balaban J connectivity index is 2.59. The van der Waals surface area contributed by atoms with Crippen LogP contribution in [-0.4, -0.2) is 29.9 Å². The van der Waals surface area contributed by atoms with E-state index in [4.69, 9.17) is 11.6 Å². The Morgan fingerprint density at radius 2 is 2.05 bits per heavy atom. The van der Waals surface area contributed by atoms with Gasteiger partial charge in [0.05, 0.1) is 17.8 Å². The minimum absolute atomic E-state index is 0.00803. The van der Waals surface area contributed by atoms with Crippen LogP contribution in [0.3, 0.4) is 0 Å². The van der Waals surface area contributed by atoms with Crippen molar-refractivity contribution in [2.45, 2.75) is 18.6 Å². The van der Waals surface area contributed by atoms with Gasteiger partial charge in [0, 0.05) is 0 Å². The number of halogens is 4. The number of nitrogens with one attached hydrogen (secondary N) is 1. The smallest absolute Gasteiger partial charge is 0.324 e. The number of fused-ring (bicyclic) bond motifs is 1. The summed E-state index contributed by atoms with van der Waals surface area (Å²) in [4.78, 5) is 23.9. The number of carbonyl (C=O) groups excluding carboxylic acids is 2. The molecule has 2 amide bonds. The third-order valence-electron chi connectivity index (χ3n) is 2.89. The molecule has 0 aliphatic carbocycles. The Hall–Kier alpha value is -1.76. The Bertz CT molecular complexity index is 548. The van der Waals surface area contributed by atoms with Crippen molar-refractivity contribution in [3.05, 3.63) is 24.3 Å². The number of nitrogens with zero attached hydrogens (tertiary/aromatic N) is 1. The van der Waals surface area contributed by atoms with Gasteiger partial charge in [-0.2, -0.15) is 13.2 Å². The van der Waals surface area contributed by atoms with Gasteiger partial charge in [-0.25, -0.2) is 0 Å². The lowest BCUT2D eigenvalue weighted by atomic mass is 10.1. The van der Waals surface area contributed by atoms with Crippen LogP contribution in [0.25, 0.3) is 0 Å². The summed E-state index contributed by atoms with van der Waals surface area (Å²) < 4.78 is 39.4. The first-order chi connectivity index (χ1) is 9.34. The van der Waals surface area contributed by atoms with Crippen LogP contribution < -0.4 is 10.2 Å². The zero-order valence-electron chi connectivity index (χ0n) is 10.1. The highest BCUT2D eigenvalue weighted by atomic mass is 35.5. The van der Waals surface area contributed by atoms with E-state index in [0.29, 0.717) is 4.90 Å². The van der Waals surface area contributed by atoms with E-state index in [0.717, 1.165) is 0 Å². The van der Waals surface area contributed by atoms with Gasteiger partial charge in [-0.1, -0.05) is 12.1 Å². The van der Waals surface area contributed by atoms with E-state index in [1.807, 2.05) is 0 Å². The van der Waals surface area contributed by atoms with Crippen LogP contribution in [0, 0.1) is 0 Å². The van der Waals surface area contributed by atoms with Crippen LogP contribution in [0.5, 0.6) is 0 Å². The molecule has 0 unspecified atom stereocenters. The van der Waals surface area contributed by atoms with Gasteiger partial charge in [-0.15, -0.1) is 11.6 Å². The third-order valence-corrected chi connectivity index (χ3v) is 3.12. The molecule has 0 spiro atoms. The summed E-state index contributed by atoms with van der Waals surface area (Å²) in [7, 11) is 0. The first kappa shape index (κ1) is 14.6. The molecule has 0 saturated heterocycles. The van der Waals surface area contributed by atoms with E-state index in [1.54, 1.807) is 6.07 Å². The van der Waals surface area contributed by atoms with Crippen LogP contribution in [-0.2, 0) is 9.59 Å². The summed E-state index contributed by atoms with van der Waals surface area (Å²) in [5.41, 5.74) is 0.147. The Kier molecular flexibility index (Phi) is 3.89. The number of hydrogen-bond donors (Lipinski definition) is 1. The molecular formula is C12H10ClF3N2O2. The summed E-state index contributed by atoms with van der Waals surface area (Å²) in [6, 6.07) is 3.58. The van der Waals surface area contributed by atoms with Gasteiger partial charge in [0.1, 0.15) is 11.9 Å². The predicted molar refractivity (Wildman–Crippen MR) is 67.7 cm³/mol. The zero-order valence-corrected chi connectivity index (χ0v) is 10.8. The number of carbonyl (C=O) groups is 2. The SMILES string of the molecule is O=C1C[C@H](C(F)(F)F)N(C(=O)CCl)c2ccccc2N1. The van der Waals surface area contributed by atoms with Crippen molar-refractivity contribution in [3.8, 4) is 0 Å². The van der Waals surface area contributed by atoms with Crippen LogP contribution in [0.4, 0.5) is 24.5 Å². The fraction of sp³-hybridized carbons (Fsp3) is 0.333. The second kappa shape index (κ2) is 5.32. The summed E-state index contributed by atoms with van der Waals surface area (Å²) in [6.07, 6.45) is -5.59. The summed E-state index contributed by atoms with van der Waals surface area (Å²) in [5, 5.41) is 2.36. The summed E-state index contributed by atoms with van der Waals surface area (Å²) in [6.45, 7) is 0. The standard InChI is InChI=1S/C12H10ClF3N2O2/c13-6-11(20)18-8-4-2-1-3-7(8)17-10(19)5-9(18)12(14,15)16/h1-4,9H,5-6H2,(H,17,19)/t9-/m1/s1. The summed E-state index contributed by atoms with van der Waals surface area (Å²) >= 11 is 5.39. The maximum atomic E-state index is 13.1. The quantitative estimate of drug-likeness (QED) is 0.811. The molecule has 4 nitrogen and oxygen atoms in total. The van der Waals surface area contributed by atoms with Crippen molar-refractivity contribution in [3.63, 3.8) is 0 Å². The van der Waals surface area contributed by atoms with Crippen molar-refractivity contribution in [1.29, 1.82) is 0 Å². The molecule has 2 rings (SSSR count). The monoisotopic (exact) mass is 306 g/mol. The first-order valence-corrected chi connectivity index (χ1v) is 6.21. The molecule has 0 bridgehead atoms. The van der Waals surface area contributed by atoms with E-state index in [9.17, 15) is 22.8 Å². The minimum atomic E-state index is -4.73. The number of rotatable bonds is 1. The molecule has 20 heavy (non-hydrogen) atoms. The highest BCUT2D eigenvalue weighted by Crippen LogP contribution is 2.37. The molecule has 0 saturated carbocycles. The van der Waals surface area contributed by atoms with Crippen LogP contribution >= 0.6 is 11.6 Å². The minimum Gasteiger partial charge on any atom is -0.324 e. The maximum Gasteiger partial charge on any atom is 0.409 e. The second-order valence-corrected chi connectivity index (χ2v) is 4.49. The number of alkyl halides is 4. The largest absolute Gasteiger partial charge is 0.409 e. The fourth-order valence-electron chi connectivity index (χ4n) is 2.06. The Morgan fingerprint density at radius 3 is 2.65 bits per heavy atom. The molecule has 1 atom stereocenters. The van der Waals surface area contributed by atoms with Crippen molar-refractivity contribution in [2.24, 2.45) is 0 Å². The molecule has 1 heterocycles. The van der Waals surface area contributed by atoms with Gasteiger partial charge in [0.25, 0.3) is 0 Å². The molecular weight excluding hydrogens is 297 g/mol. The van der Waals surface area contributed by atoms with E-state index >= 15 is 0 Å².